The van der Waals surface area contributed by atoms with Crippen LogP contribution in [0, 0.1) is 6.92 Å². The monoisotopic (exact) mass is 397 g/mol. The fraction of sp³-hybridized carbons (Fsp3) is 0.133. The first-order valence-electron chi connectivity index (χ1n) is 5.98. The van der Waals surface area contributed by atoms with Crippen molar-refractivity contribution in [2.45, 2.75) is 13.5 Å². The molecule has 2 aromatic rings. The van der Waals surface area contributed by atoms with Gasteiger partial charge in [0, 0.05) is 21.2 Å². The zero-order valence-corrected chi connectivity index (χ0v) is 14.0. The number of carboxylic acids is 1. The number of carboxylic acid groups (broad SMARTS) is 1. The molecule has 0 bridgehead atoms. The van der Waals surface area contributed by atoms with Crippen molar-refractivity contribution in [2.24, 2.45) is 0 Å². The maximum Gasteiger partial charge on any atom is 0.335 e. The number of carbonyl (C=O) groups is 1. The second kappa shape index (κ2) is 6.41. The molecule has 0 aliphatic heterocycles. The van der Waals surface area contributed by atoms with E-state index in [1.54, 1.807) is 12.1 Å². The van der Waals surface area contributed by atoms with E-state index in [0.29, 0.717) is 6.54 Å². The summed E-state index contributed by atoms with van der Waals surface area (Å²) in [6, 6.07) is 11.1. The number of rotatable bonds is 4. The summed E-state index contributed by atoms with van der Waals surface area (Å²) in [7, 11) is 0. The van der Waals surface area contributed by atoms with Crippen molar-refractivity contribution in [3.05, 3.63) is 62.0 Å². The SMILES string of the molecule is Cc1cc(Br)cc(NCc2ccc(C(=O)O)cc2Br)c1. The van der Waals surface area contributed by atoms with Crippen LogP contribution in [0.25, 0.3) is 0 Å². The molecule has 0 radical (unpaired) electrons. The van der Waals surface area contributed by atoms with Crippen LogP contribution in [0.3, 0.4) is 0 Å². The highest BCUT2D eigenvalue weighted by Gasteiger charge is 2.06. The Hall–Kier alpha value is -1.33. The van der Waals surface area contributed by atoms with Gasteiger partial charge in [0.1, 0.15) is 0 Å². The maximum absolute atomic E-state index is 10.9. The normalized spacial score (nSPS) is 10.3. The Morgan fingerprint density at radius 2 is 1.95 bits per heavy atom. The van der Waals surface area contributed by atoms with Crippen LogP contribution in [0.4, 0.5) is 5.69 Å². The first-order valence-corrected chi connectivity index (χ1v) is 7.57. The molecule has 104 valence electrons. The summed E-state index contributed by atoms with van der Waals surface area (Å²) in [5.41, 5.74) is 3.47. The number of aryl methyl sites for hydroxylation is 1. The fourth-order valence-electron chi connectivity index (χ4n) is 1.86. The summed E-state index contributed by atoms with van der Waals surface area (Å²) in [5, 5.41) is 12.3. The van der Waals surface area contributed by atoms with Gasteiger partial charge in [-0.15, -0.1) is 0 Å². The van der Waals surface area contributed by atoms with Crippen LogP contribution >= 0.6 is 31.9 Å². The van der Waals surface area contributed by atoms with Gasteiger partial charge >= 0.3 is 5.97 Å². The molecule has 0 spiro atoms. The van der Waals surface area contributed by atoms with Crippen LogP contribution < -0.4 is 5.32 Å². The predicted molar refractivity (Wildman–Crippen MR) is 87.3 cm³/mol. The average molecular weight is 399 g/mol. The van der Waals surface area contributed by atoms with Gasteiger partial charge in [-0.2, -0.15) is 0 Å². The Morgan fingerprint density at radius 3 is 2.55 bits per heavy atom. The summed E-state index contributed by atoms with van der Waals surface area (Å²) < 4.78 is 1.82. The van der Waals surface area contributed by atoms with Gasteiger partial charge in [-0.25, -0.2) is 4.79 Å². The van der Waals surface area contributed by atoms with Crippen molar-refractivity contribution in [2.75, 3.05) is 5.32 Å². The zero-order valence-electron chi connectivity index (χ0n) is 10.8. The predicted octanol–water partition coefficient (Wildman–Crippen LogP) is 4.83. The average Bonchev–Trinajstić information content (AvgIpc) is 2.36. The van der Waals surface area contributed by atoms with Gasteiger partial charge in [-0.3, -0.25) is 0 Å². The van der Waals surface area contributed by atoms with E-state index in [1.807, 2.05) is 25.1 Å². The standard InChI is InChI=1S/C15H13Br2NO2/c1-9-4-12(16)7-13(5-9)18-8-11-3-2-10(15(19)20)6-14(11)17/h2-7,18H,8H2,1H3,(H,19,20). The topological polar surface area (TPSA) is 49.3 Å². The summed E-state index contributed by atoms with van der Waals surface area (Å²) >= 11 is 6.87. The van der Waals surface area contributed by atoms with Gasteiger partial charge in [0.25, 0.3) is 0 Å². The molecule has 20 heavy (non-hydrogen) atoms. The number of anilines is 1. The molecule has 0 aliphatic carbocycles. The van der Waals surface area contributed by atoms with E-state index in [-0.39, 0.29) is 5.56 Å². The number of hydrogen-bond acceptors (Lipinski definition) is 2. The van der Waals surface area contributed by atoms with E-state index in [0.717, 1.165) is 20.2 Å². The fourth-order valence-corrected chi connectivity index (χ4v) is 2.99. The van der Waals surface area contributed by atoms with Gasteiger partial charge in [0.05, 0.1) is 5.56 Å². The minimum Gasteiger partial charge on any atom is -0.478 e. The molecule has 3 nitrogen and oxygen atoms in total. The second-order valence-corrected chi connectivity index (χ2v) is 6.25. The number of nitrogens with one attached hydrogen (secondary N) is 1. The van der Waals surface area contributed by atoms with Crippen molar-refractivity contribution >= 4 is 43.5 Å². The van der Waals surface area contributed by atoms with Gasteiger partial charge < -0.3 is 10.4 Å². The number of halogens is 2. The van der Waals surface area contributed by atoms with Crippen LogP contribution in [0.5, 0.6) is 0 Å². The maximum atomic E-state index is 10.9. The number of benzene rings is 2. The lowest BCUT2D eigenvalue weighted by molar-refractivity contribution is 0.0697. The van der Waals surface area contributed by atoms with E-state index in [1.165, 1.54) is 5.56 Å². The lowest BCUT2D eigenvalue weighted by atomic mass is 10.1. The molecule has 5 heteroatoms. The van der Waals surface area contributed by atoms with Crippen LogP contribution in [0.15, 0.2) is 45.3 Å². The molecule has 0 atom stereocenters. The highest BCUT2D eigenvalue weighted by molar-refractivity contribution is 9.10. The lowest BCUT2D eigenvalue weighted by Crippen LogP contribution is -2.02. The first-order chi connectivity index (χ1) is 9.45. The molecular formula is C15H13Br2NO2. The minimum absolute atomic E-state index is 0.277. The molecule has 0 aromatic heterocycles. The number of aromatic carboxylic acids is 1. The van der Waals surface area contributed by atoms with Gasteiger partial charge in [0.15, 0.2) is 0 Å². The van der Waals surface area contributed by atoms with E-state index < -0.39 is 5.97 Å². The summed E-state index contributed by atoms with van der Waals surface area (Å²) in [6.07, 6.45) is 0. The first kappa shape index (κ1) is 15.1. The molecular weight excluding hydrogens is 386 g/mol. The molecule has 0 aliphatic rings. The molecule has 2 aromatic carbocycles. The minimum atomic E-state index is -0.923. The third-order valence-electron chi connectivity index (χ3n) is 2.83. The zero-order chi connectivity index (χ0) is 14.7. The Bertz CT molecular complexity index is 636. The van der Waals surface area contributed by atoms with Crippen molar-refractivity contribution in [1.29, 1.82) is 0 Å². The Balaban J connectivity index is 2.12. The van der Waals surface area contributed by atoms with Crippen LogP contribution in [0.2, 0.25) is 0 Å². The largest absolute Gasteiger partial charge is 0.478 e. The smallest absolute Gasteiger partial charge is 0.335 e. The van der Waals surface area contributed by atoms with E-state index in [4.69, 9.17) is 5.11 Å². The van der Waals surface area contributed by atoms with Gasteiger partial charge in [0.2, 0.25) is 0 Å². The van der Waals surface area contributed by atoms with Gasteiger partial charge in [-0.05, 0) is 48.4 Å². The Labute approximate surface area is 134 Å². The van der Waals surface area contributed by atoms with Crippen LogP contribution in [-0.2, 0) is 6.54 Å². The second-order valence-electron chi connectivity index (χ2n) is 4.48. The van der Waals surface area contributed by atoms with Crippen LogP contribution in [0.1, 0.15) is 21.5 Å². The van der Waals surface area contributed by atoms with E-state index in [2.05, 4.69) is 43.2 Å². The molecule has 0 fully saturated rings. The Morgan fingerprint density at radius 1 is 1.20 bits per heavy atom. The van der Waals surface area contributed by atoms with Crippen molar-refractivity contribution < 1.29 is 9.90 Å². The van der Waals surface area contributed by atoms with Gasteiger partial charge in [-0.1, -0.05) is 37.9 Å². The molecule has 0 saturated carbocycles. The molecule has 0 saturated heterocycles. The van der Waals surface area contributed by atoms with Crippen LogP contribution in [-0.4, -0.2) is 11.1 Å². The van der Waals surface area contributed by atoms with E-state index >= 15 is 0 Å². The molecule has 0 unspecified atom stereocenters. The molecule has 2 N–H and O–H groups in total. The van der Waals surface area contributed by atoms with Crippen molar-refractivity contribution in [1.82, 2.24) is 0 Å². The third kappa shape index (κ3) is 3.84. The number of hydrogen-bond donors (Lipinski definition) is 2. The van der Waals surface area contributed by atoms with E-state index in [9.17, 15) is 4.79 Å². The summed E-state index contributed by atoms with van der Waals surface area (Å²) in [4.78, 5) is 10.9. The Kier molecular flexibility index (Phi) is 4.83. The van der Waals surface area contributed by atoms with Crippen molar-refractivity contribution in [3.63, 3.8) is 0 Å². The quantitative estimate of drug-likeness (QED) is 0.775. The lowest BCUT2D eigenvalue weighted by Gasteiger charge is -2.10. The highest BCUT2D eigenvalue weighted by atomic mass is 79.9. The molecule has 0 amide bonds. The molecule has 0 heterocycles. The van der Waals surface area contributed by atoms with Crippen molar-refractivity contribution in [3.8, 4) is 0 Å². The summed E-state index contributed by atoms with van der Waals surface area (Å²) in [5.74, 6) is -0.923. The molecule has 2 rings (SSSR count). The summed E-state index contributed by atoms with van der Waals surface area (Å²) in [6.45, 7) is 2.66. The third-order valence-corrected chi connectivity index (χ3v) is 4.02. The highest BCUT2D eigenvalue weighted by Crippen LogP contribution is 2.22.